The molecule has 1 aliphatic heterocycles. The first kappa shape index (κ1) is 15.9. The maximum Gasteiger partial charge on any atom is 0.322 e. The number of urea groups is 1. The van der Waals surface area contributed by atoms with Crippen molar-refractivity contribution in [3.8, 4) is 22.6 Å². The number of carbonyl (C=O) groups excluding carboxylic acids is 2. The minimum absolute atomic E-state index is 0.0262. The number of hydrogen-bond donors (Lipinski definition) is 2. The van der Waals surface area contributed by atoms with E-state index in [0.717, 1.165) is 11.1 Å². The van der Waals surface area contributed by atoms with E-state index in [1.54, 1.807) is 20.1 Å². The molecule has 24 heavy (non-hydrogen) atoms. The van der Waals surface area contributed by atoms with E-state index in [1.165, 1.54) is 0 Å². The predicted octanol–water partition coefficient (Wildman–Crippen LogP) is 2.34. The highest BCUT2D eigenvalue weighted by atomic mass is 16.5. The third kappa shape index (κ3) is 3.03. The first-order chi connectivity index (χ1) is 11.5. The SMILES string of the molecule is COc1cc(OCC2(C)NC(=O)NC2=O)ccc1-c1ccccc1. The molecule has 3 rings (SSSR count). The lowest BCUT2D eigenvalue weighted by molar-refractivity contribution is -0.124. The number of benzene rings is 2. The fraction of sp³-hybridized carbons (Fsp3) is 0.222. The van der Waals surface area contributed by atoms with Crippen molar-refractivity contribution in [3.63, 3.8) is 0 Å². The van der Waals surface area contributed by atoms with E-state index in [0.29, 0.717) is 11.5 Å². The van der Waals surface area contributed by atoms with Gasteiger partial charge in [-0.05, 0) is 24.6 Å². The lowest BCUT2D eigenvalue weighted by Gasteiger charge is -2.21. The van der Waals surface area contributed by atoms with Gasteiger partial charge in [0, 0.05) is 11.6 Å². The first-order valence-corrected chi connectivity index (χ1v) is 7.52. The zero-order chi connectivity index (χ0) is 17.2. The summed E-state index contributed by atoms with van der Waals surface area (Å²) in [5.41, 5.74) is 0.904. The summed E-state index contributed by atoms with van der Waals surface area (Å²) in [4.78, 5) is 23.1. The number of carbonyl (C=O) groups is 2. The topological polar surface area (TPSA) is 76.7 Å². The third-order valence-corrected chi connectivity index (χ3v) is 3.90. The average Bonchev–Trinajstić information content (AvgIpc) is 2.86. The van der Waals surface area contributed by atoms with Gasteiger partial charge >= 0.3 is 6.03 Å². The number of hydrogen-bond acceptors (Lipinski definition) is 4. The van der Waals surface area contributed by atoms with Gasteiger partial charge in [-0.25, -0.2) is 4.79 Å². The maximum absolute atomic E-state index is 11.8. The number of amides is 3. The van der Waals surface area contributed by atoms with Crippen LogP contribution in [-0.2, 0) is 4.79 Å². The van der Waals surface area contributed by atoms with Crippen molar-refractivity contribution in [3.05, 3.63) is 48.5 Å². The van der Waals surface area contributed by atoms with Crippen LogP contribution in [0.25, 0.3) is 11.1 Å². The third-order valence-electron chi connectivity index (χ3n) is 3.90. The van der Waals surface area contributed by atoms with Crippen LogP contribution < -0.4 is 20.1 Å². The van der Waals surface area contributed by atoms with Crippen LogP contribution in [0.4, 0.5) is 4.79 Å². The summed E-state index contributed by atoms with van der Waals surface area (Å²) in [6.45, 7) is 1.64. The second-order valence-corrected chi connectivity index (χ2v) is 5.76. The molecule has 1 heterocycles. The maximum atomic E-state index is 11.8. The van der Waals surface area contributed by atoms with Crippen LogP contribution in [-0.4, -0.2) is 31.2 Å². The molecule has 1 atom stereocenters. The summed E-state index contributed by atoms with van der Waals surface area (Å²) < 4.78 is 11.1. The van der Waals surface area contributed by atoms with Crippen molar-refractivity contribution in [2.45, 2.75) is 12.5 Å². The summed E-state index contributed by atoms with van der Waals surface area (Å²) in [6, 6.07) is 14.8. The van der Waals surface area contributed by atoms with Gasteiger partial charge in [0.2, 0.25) is 0 Å². The van der Waals surface area contributed by atoms with Crippen LogP contribution in [0.1, 0.15) is 6.92 Å². The number of rotatable bonds is 5. The highest BCUT2D eigenvalue weighted by molar-refractivity contribution is 6.06. The number of imide groups is 1. The van der Waals surface area contributed by atoms with Crippen molar-refractivity contribution in [2.75, 3.05) is 13.7 Å². The highest BCUT2D eigenvalue weighted by Gasteiger charge is 2.42. The molecule has 6 nitrogen and oxygen atoms in total. The van der Waals surface area contributed by atoms with Gasteiger partial charge < -0.3 is 14.8 Å². The van der Waals surface area contributed by atoms with Gasteiger partial charge in [-0.3, -0.25) is 10.1 Å². The van der Waals surface area contributed by atoms with Gasteiger partial charge in [0.15, 0.2) is 5.54 Å². The molecule has 0 radical (unpaired) electrons. The molecule has 2 N–H and O–H groups in total. The van der Waals surface area contributed by atoms with Crippen LogP contribution >= 0.6 is 0 Å². The molecule has 0 bridgehead atoms. The molecule has 124 valence electrons. The Labute approximate surface area is 139 Å². The van der Waals surface area contributed by atoms with Crippen molar-refractivity contribution < 1.29 is 19.1 Å². The number of ether oxygens (including phenoxy) is 2. The molecule has 1 saturated heterocycles. The molecule has 3 amide bonds. The summed E-state index contributed by atoms with van der Waals surface area (Å²) in [7, 11) is 1.59. The Balaban J connectivity index is 1.78. The summed E-state index contributed by atoms with van der Waals surface area (Å²) >= 11 is 0. The summed E-state index contributed by atoms with van der Waals surface area (Å²) in [6.07, 6.45) is 0. The summed E-state index contributed by atoms with van der Waals surface area (Å²) in [5, 5.41) is 4.76. The Morgan fingerprint density at radius 1 is 1.08 bits per heavy atom. The molecule has 2 aromatic rings. The van der Waals surface area contributed by atoms with Crippen LogP contribution in [0.15, 0.2) is 48.5 Å². The van der Waals surface area contributed by atoms with Crippen LogP contribution in [0.3, 0.4) is 0 Å². The highest BCUT2D eigenvalue weighted by Crippen LogP contribution is 2.33. The van der Waals surface area contributed by atoms with Gasteiger partial charge in [-0.2, -0.15) is 0 Å². The standard InChI is InChI=1S/C18H18N2O4/c1-18(16(21)19-17(22)20-18)11-24-13-8-9-14(15(10-13)23-2)12-6-4-3-5-7-12/h3-10H,11H2,1-2H3,(H2,19,20,21,22). The molecule has 1 aliphatic rings. The number of nitrogens with one attached hydrogen (secondary N) is 2. The molecule has 0 saturated carbocycles. The summed E-state index contributed by atoms with van der Waals surface area (Å²) in [5.74, 6) is 0.825. The Bertz CT molecular complexity index is 776. The van der Waals surface area contributed by atoms with Gasteiger partial charge in [0.05, 0.1) is 7.11 Å². The predicted molar refractivity (Wildman–Crippen MR) is 89.0 cm³/mol. The average molecular weight is 326 g/mol. The minimum Gasteiger partial charge on any atom is -0.496 e. The first-order valence-electron chi connectivity index (χ1n) is 7.52. The van der Waals surface area contributed by atoms with E-state index in [2.05, 4.69) is 10.6 Å². The van der Waals surface area contributed by atoms with Gasteiger partial charge in [-0.15, -0.1) is 0 Å². The minimum atomic E-state index is -1.08. The molecule has 2 aromatic carbocycles. The Morgan fingerprint density at radius 2 is 1.83 bits per heavy atom. The smallest absolute Gasteiger partial charge is 0.322 e. The van der Waals surface area contributed by atoms with E-state index in [1.807, 2.05) is 42.5 Å². The van der Waals surface area contributed by atoms with Crippen LogP contribution in [0, 0.1) is 0 Å². The van der Waals surface area contributed by atoms with Crippen LogP contribution in [0.5, 0.6) is 11.5 Å². The normalized spacial score (nSPS) is 19.6. The Kier molecular flexibility index (Phi) is 4.12. The van der Waals surface area contributed by atoms with Crippen molar-refractivity contribution >= 4 is 11.9 Å². The zero-order valence-electron chi connectivity index (χ0n) is 13.5. The fourth-order valence-corrected chi connectivity index (χ4v) is 2.53. The molecule has 0 spiro atoms. The van der Waals surface area contributed by atoms with E-state index >= 15 is 0 Å². The zero-order valence-corrected chi connectivity index (χ0v) is 13.5. The molecule has 1 fully saturated rings. The van der Waals surface area contributed by atoms with Crippen molar-refractivity contribution in [2.24, 2.45) is 0 Å². The van der Waals surface area contributed by atoms with E-state index in [4.69, 9.17) is 9.47 Å². The second-order valence-electron chi connectivity index (χ2n) is 5.76. The molecule has 1 unspecified atom stereocenters. The fourth-order valence-electron chi connectivity index (χ4n) is 2.53. The molecule has 6 heteroatoms. The second kappa shape index (κ2) is 6.23. The Hall–Kier alpha value is -3.02. The van der Waals surface area contributed by atoms with E-state index in [-0.39, 0.29) is 6.61 Å². The quantitative estimate of drug-likeness (QED) is 0.827. The van der Waals surface area contributed by atoms with Crippen molar-refractivity contribution in [1.29, 1.82) is 0 Å². The van der Waals surface area contributed by atoms with Crippen LogP contribution in [0.2, 0.25) is 0 Å². The van der Waals surface area contributed by atoms with Gasteiger partial charge in [0.25, 0.3) is 5.91 Å². The van der Waals surface area contributed by atoms with E-state index in [9.17, 15) is 9.59 Å². The largest absolute Gasteiger partial charge is 0.496 e. The molecule has 0 aliphatic carbocycles. The lowest BCUT2D eigenvalue weighted by atomic mass is 10.0. The lowest BCUT2D eigenvalue weighted by Crippen LogP contribution is -2.48. The van der Waals surface area contributed by atoms with Crippen molar-refractivity contribution in [1.82, 2.24) is 10.6 Å². The number of methoxy groups -OCH3 is 1. The molecular weight excluding hydrogens is 308 g/mol. The van der Waals surface area contributed by atoms with Gasteiger partial charge in [-0.1, -0.05) is 30.3 Å². The molecule has 0 aromatic heterocycles. The van der Waals surface area contributed by atoms with Gasteiger partial charge in [0.1, 0.15) is 18.1 Å². The monoisotopic (exact) mass is 326 g/mol. The van der Waals surface area contributed by atoms with E-state index < -0.39 is 17.5 Å². The molecular formula is C18H18N2O4. The Morgan fingerprint density at radius 3 is 2.46 bits per heavy atom.